The SMILES string of the molecule is CCOC(=O)c1nnc(/C=C/c2ccc(-n3cncn3)c(C)c2)s1. The third-order valence-electron chi connectivity index (χ3n) is 3.20. The molecule has 0 saturated heterocycles. The van der Waals surface area contributed by atoms with Gasteiger partial charge < -0.3 is 4.74 Å². The molecule has 0 spiro atoms. The Bertz CT molecular complexity index is 870. The molecule has 0 atom stereocenters. The standard InChI is InChI=1S/C16H15N5O2S/c1-3-23-16(22)15-20-19-14(24-15)7-5-12-4-6-13(11(2)8-12)21-10-17-9-18-21/h4-10H,3H2,1-2H3/b7-5+. The maximum atomic E-state index is 11.6. The van der Waals surface area contributed by atoms with Crippen LogP contribution < -0.4 is 0 Å². The average molecular weight is 341 g/mol. The molecule has 0 fully saturated rings. The Balaban J connectivity index is 1.75. The zero-order valence-electron chi connectivity index (χ0n) is 13.2. The molecule has 0 amide bonds. The van der Waals surface area contributed by atoms with Crippen LogP contribution in [0.25, 0.3) is 17.8 Å². The molecule has 0 unspecified atom stereocenters. The van der Waals surface area contributed by atoms with Crippen molar-refractivity contribution in [2.45, 2.75) is 13.8 Å². The third kappa shape index (κ3) is 3.54. The van der Waals surface area contributed by atoms with Crippen LogP contribution in [0.1, 0.15) is 32.9 Å². The van der Waals surface area contributed by atoms with Crippen molar-refractivity contribution in [3.63, 3.8) is 0 Å². The van der Waals surface area contributed by atoms with Gasteiger partial charge in [0.1, 0.15) is 17.7 Å². The molecular formula is C16H15N5O2S. The van der Waals surface area contributed by atoms with Crippen molar-refractivity contribution in [2.24, 2.45) is 0 Å². The summed E-state index contributed by atoms with van der Waals surface area (Å²) >= 11 is 1.20. The Morgan fingerprint density at radius 1 is 1.33 bits per heavy atom. The second-order valence-corrected chi connectivity index (χ2v) is 5.89. The molecule has 2 aromatic heterocycles. The molecule has 8 heteroatoms. The number of hydrogen-bond donors (Lipinski definition) is 0. The maximum Gasteiger partial charge on any atom is 0.369 e. The van der Waals surface area contributed by atoms with Crippen molar-refractivity contribution in [1.29, 1.82) is 0 Å². The number of hydrogen-bond acceptors (Lipinski definition) is 7. The molecule has 2 heterocycles. The van der Waals surface area contributed by atoms with E-state index < -0.39 is 5.97 Å². The number of carbonyl (C=O) groups excluding carboxylic acids is 1. The molecule has 0 radical (unpaired) electrons. The van der Waals surface area contributed by atoms with Crippen LogP contribution in [0.5, 0.6) is 0 Å². The minimum atomic E-state index is -0.442. The van der Waals surface area contributed by atoms with Crippen molar-refractivity contribution >= 4 is 29.5 Å². The van der Waals surface area contributed by atoms with Gasteiger partial charge in [-0.15, -0.1) is 10.2 Å². The first-order valence-electron chi connectivity index (χ1n) is 7.31. The minimum Gasteiger partial charge on any atom is -0.461 e. The van der Waals surface area contributed by atoms with Crippen molar-refractivity contribution < 1.29 is 9.53 Å². The number of aromatic nitrogens is 5. The van der Waals surface area contributed by atoms with Gasteiger partial charge in [-0.1, -0.05) is 23.5 Å². The second-order valence-electron chi connectivity index (χ2n) is 4.89. The predicted molar refractivity (Wildman–Crippen MR) is 90.9 cm³/mol. The first-order chi connectivity index (χ1) is 11.7. The van der Waals surface area contributed by atoms with E-state index in [1.54, 1.807) is 17.9 Å². The summed E-state index contributed by atoms with van der Waals surface area (Å²) in [6.07, 6.45) is 6.91. The third-order valence-corrected chi connectivity index (χ3v) is 4.06. The summed E-state index contributed by atoms with van der Waals surface area (Å²) in [5, 5.41) is 12.9. The smallest absolute Gasteiger partial charge is 0.369 e. The zero-order valence-corrected chi connectivity index (χ0v) is 14.0. The summed E-state index contributed by atoms with van der Waals surface area (Å²) in [4.78, 5) is 15.5. The van der Waals surface area contributed by atoms with E-state index >= 15 is 0 Å². The van der Waals surface area contributed by atoms with E-state index in [-0.39, 0.29) is 5.01 Å². The van der Waals surface area contributed by atoms with Crippen molar-refractivity contribution in [3.8, 4) is 5.69 Å². The highest BCUT2D eigenvalue weighted by atomic mass is 32.1. The molecular weight excluding hydrogens is 326 g/mol. The molecule has 7 nitrogen and oxygen atoms in total. The molecule has 0 aliphatic rings. The van der Waals surface area contributed by atoms with E-state index in [1.165, 1.54) is 17.7 Å². The van der Waals surface area contributed by atoms with E-state index in [2.05, 4.69) is 20.3 Å². The van der Waals surface area contributed by atoms with Crippen molar-refractivity contribution in [3.05, 3.63) is 52.0 Å². The fourth-order valence-corrected chi connectivity index (χ4v) is 2.76. The molecule has 0 N–H and O–H groups in total. The van der Waals surface area contributed by atoms with E-state index in [0.717, 1.165) is 16.8 Å². The number of nitrogens with zero attached hydrogens (tertiary/aromatic N) is 5. The Labute approximate surface area is 142 Å². The Hall–Kier alpha value is -2.87. The van der Waals surface area contributed by atoms with Gasteiger partial charge in [0.2, 0.25) is 5.01 Å². The largest absolute Gasteiger partial charge is 0.461 e. The lowest BCUT2D eigenvalue weighted by molar-refractivity contribution is 0.0525. The van der Waals surface area contributed by atoms with Crippen LogP contribution in [0.4, 0.5) is 0 Å². The highest BCUT2D eigenvalue weighted by Gasteiger charge is 2.12. The highest BCUT2D eigenvalue weighted by Crippen LogP contribution is 2.18. The number of aryl methyl sites for hydroxylation is 1. The molecule has 24 heavy (non-hydrogen) atoms. The van der Waals surface area contributed by atoms with Crippen LogP contribution in [-0.2, 0) is 4.74 Å². The fraction of sp³-hybridized carbons (Fsp3) is 0.188. The lowest BCUT2D eigenvalue weighted by Crippen LogP contribution is -2.03. The van der Waals surface area contributed by atoms with E-state index in [4.69, 9.17) is 4.74 Å². The van der Waals surface area contributed by atoms with Gasteiger partial charge in [0.25, 0.3) is 0 Å². The second kappa shape index (κ2) is 7.14. The molecule has 0 aliphatic carbocycles. The molecule has 3 rings (SSSR count). The molecule has 1 aromatic carbocycles. The van der Waals surface area contributed by atoms with Gasteiger partial charge in [-0.3, -0.25) is 0 Å². The van der Waals surface area contributed by atoms with Gasteiger partial charge in [-0.25, -0.2) is 14.5 Å². The molecule has 0 aliphatic heterocycles. The first-order valence-corrected chi connectivity index (χ1v) is 8.13. The number of benzene rings is 1. The van der Waals surface area contributed by atoms with E-state index in [0.29, 0.717) is 11.6 Å². The summed E-state index contributed by atoms with van der Waals surface area (Å²) in [5.41, 5.74) is 3.07. The van der Waals surface area contributed by atoms with Crippen LogP contribution in [-0.4, -0.2) is 37.5 Å². The summed E-state index contributed by atoms with van der Waals surface area (Å²) < 4.78 is 6.62. The first kappa shape index (κ1) is 16.0. The van der Waals surface area contributed by atoms with Crippen LogP contribution in [0.15, 0.2) is 30.9 Å². The zero-order chi connectivity index (χ0) is 16.9. The lowest BCUT2D eigenvalue weighted by atomic mass is 10.1. The van der Waals surface area contributed by atoms with Crippen LogP contribution in [0, 0.1) is 6.92 Å². The summed E-state index contributed by atoms with van der Waals surface area (Å²) in [6, 6.07) is 6.00. The molecule has 122 valence electrons. The van der Waals surface area contributed by atoms with Gasteiger partial charge in [0.05, 0.1) is 12.3 Å². The number of ether oxygens (including phenoxy) is 1. The van der Waals surface area contributed by atoms with Crippen LogP contribution in [0.3, 0.4) is 0 Å². The van der Waals surface area contributed by atoms with E-state index in [9.17, 15) is 4.79 Å². The molecule has 3 aromatic rings. The summed E-state index contributed by atoms with van der Waals surface area (Å²) in [5.74, 6) is -0.442. The minimum absolute atomic E-state index is 0.259. The summed E-state index contributed by atoms with van der Waals surface area (Å²) in [7, 11) is 0. The van der Waals surface area contributed by atoms with Gasteiger partial charge in [0, 0.05) is 0 Å². The van der Waals surface area contributed by atoms with Gasteiger partial charge in [0.15, 0.2) is 0 Å². The quantitative estimate of drug-likeness (QED) is 0.664. The maximum absolute atomic E-state index is 11.6. The highest BCUT2D eigenvalue weighted by molar-refractivity contribution is 7.14. The van der Waals surface area contributed by atoms with Crippen molar-refractivity contribution in [1.82, 2.24) is 25.0 Å². The number of esters is 1. The summed E-state index contributed by atoms with van der Waals surface area (Å²) in [6.45, 7) is 4.09. The Kier molecular flexibility index (Phi) is 4.76. The predicted octanol–water partition coefficient (Wildman–Crippen LogP) is 2.77. The fourth-order valence-electron chi connectivity index (χ4n) is 2.12. The topological polar surface area (TPSA) is 82.8 Å². The van der Waals surface area contributed by atoms with E-state index in [1.807, 2.05) is 37.3 Å². The molecule has 0 saturated carbocycles. The van der Waals surface area contributed by atoms with Gasteiger partial charge in [-0.05, 0) is 43.2 Å². The Morgan fingerprint density at radius 2 is 2.21 bits per heavy atom. The average Bonchev–Trinajstić information content (AvgIpc) is 3.25. The van der Waals surface area contributed by atoms with Crippen LogP contribution >= 0.6 is 11.3 Å². The lowest BCUT2D eigenvalue weighted by Gasteiger charge is -2.05. The number of rotatable bonds is 5. The van der Waals surface area contributed by atoms with Gasteiger partial charge in [-0.2, -0.15) is 5.10 Å². The normalized spacial score (nSPS) is 11.1. The van der Waals surface area contributed by atoms with Crippen LogP contribution in [0.2, 0.25) is 0 Å². The monoisotopic (exact) mass is 341 g/mol. The van der Waals surface area contributed by atoms with Crippen molar-refractivity contribution in [2.75, 3.05) is 6.61 Å². The Morgan fingerprint density at radius 3 is 2.92 bits per heavy atom. The molecule has 0 bridgehead atoms. The van der Waals surface area contributed by atoms with Gasteiger partial charge >= 0.3 is 5.97 Å². The number of carbonyl (C=O) groups is 1.